The zero-order chi connectivity index (χ0) is 11.9. The van der Waals surface area contributed by atoms with Crippen LogP contribution in [0.1, 0.15) is 5.69 Å². The molecule has 0 fully saturated rings. The number of rotatable bonds is 1. The molecular formula is C9H4Br3ClN2S. The summed E-state index contributed by atoms with van der Waals surface area (Å²) in [5, 5.41) is 0.433. The molecule has 0 aliphatic rings. The van der Waals surface area contributed by atoms with Gasteiger partial charge in [-0.3, -0.25) is 0 Å². The van der Waals surface area contributed by atoms with Crippen LogP contribution in [0.4, 0.5) is 0 Å². The highest BCUT2D eigenvalue weighted by Gasteiger charge is 2.12. The number of hydrogen-bond acceptors (Lipinski definition) is 3. The van der Waals surface area contributed by atoms with Crippen LogP contribution in [0, 0.1) is 6.92 Å². The van der Waals surface area contributed by atoms with Crippen molar-refractivity contribution in [3.8, 4) is 10.7 Å². The summed E-state index contributed by atoms with van der Waals surface area (Å²) in [7, 11) is 0. The third-order valence-corrected chi connectivity index (χ3v) is 6.55. The minimum atomic E-state index is 0.433. The van der Waals surface area contributed by atoms with Gasteiger partial charge in [0, 0.05) is 4.47 Å². The number of thiophene rings is 1. The van der Waals surface area contributed by atoms with Crippen LogP contribution in [-0.4, -0.2) is 9.97 Å². The molecule has 7 heteroatoms. The lowest BCUT2D eigenvalue weighted by molar-refractivity contribution is 1.10. The van der Waals surface area contributed by atoms with Gasteiger partial charge in [-0.15, -0.1) is 11.3 Å². The lowest BCUT2D eigenvalue weighted by atomic mass is 10.4. The summed E-state index contributed by atoms with van der Waals surface area (Å²) in [6, 6.07) is 1.97. The molecule has 0 bridgehead atoms. The van der Waals surface area contributed by atoms with Gasteiger partial charge in [-0.2, -0.15) is 0 Å². The Bertz CT molecular complexity index is 513. The van der Waals surface area contributed by atoms with Crippen LogP contribution in [0.5, 0.6) is 0 Å². The lowest BCUT2D eigenvalue weighted by Gasteiger charge is -2.02. The molecule has 0 aliphatic heterocycles. The van der Waals surface area contributed by atoms with Crippen molar-refractivity contribution in [2.24, 2.45) is 0 Å². The fourth-order valence-corrected chi connectivity index (χ4v) is 3.46. The Hall–Kier alpha value is 0.510. The monoisotopic (exact) mass is 444 g/mol. The molecule has 0 saturated carbocycles. The fraction of sp³-hybridized carbons (Fsp3) is 0.111. The van der Waals surface area contributed by atoms with E-state index in [0.717, 1.165) is 23.3 Å². The minimum absolute atomic E-state index is 0.433. The number of aryl methyl sites for hydroxylation is 1. The van der Waals surface area contributed by atoms with Gasteiger partial charge in [0.2, 0.25) is 0 Å². The molecule has 0 amide bonds. The normalized spacial score (nSPS) is 10.8. The highest BCUT2D eigenvalue weighted by Crippen LogP contribution is 2.38. The Morgan fingerprint density at radius 2 is 1.94 bits per heavy atom. The fourth-order valence-electron chi connectivity index (χ4n) is 1.09. The summed E-state index contributed by atoms with van der Waals surface area (Å²) in [5.74, 6) is 0.641. The Balaban J connectivity index is 2.56. The lowest BCUT2D eigenvalue weighted by Crippen LogP contribution is -1.92. The average Bonchev–Trinajstić information content (AvgIpc) is 2.55. The van der Waals surface area contributed by atoms with Crippen molar-refractivity contribution >= 4 is 70.7 Å². The van der Waals surface area contributed by atoms with Crippen molar-refractivity contribution < 1.29 is 0 Å². The zero-order valence-electron chi connectivity index (χ0n) is 7.89. The van der Waals surface area contributed by atoms with Gasteiger partial charge in [-0.25, -0.2) is 9.97 Å². The van der Waals surface area contributed by atoms with E-state index in [1.807, 2.05) is 13.0 Å². The van der Waals surface area contributed by atoms with E-state index in [9.17, 15) is 0 Å². The van der Waals surface area contributed by atoms with Gasteiger partial charge >= 0.3 is 0 Å². The van der Waals surface area contributed by atoms with E-state index < -0.39 is 0 Å². The number of halogens is 4. The van der Waals surface area contributed by atoms with Crippen LogP contribution in [0.2, 0.25) is 5.15 Å². The first-order valence-corrected chi connectivity index (χ1v) is 7.71. The summed E-state index contributed by atoms with van der Waals surface area (Å²) in [5.41, 5.74) is 0.829. The molecule has 16 heavy (non-hydrogen) atoms. The standard InChI is InChI=1S/C9H4Br3ClN2S/c1-3-6(11)8(13)15-9(14-3)5-2-4(10)7(12)16-5/h2H,1H3. The van der Waals surface area contributed by atoms with E-state index in [0.29, 0.717) is 11.0 Å². The third-order valence-electron chi connectivity index (χ3n) is 1.84. The van der Waals surface area contributed by atoms with Crippen LogP contribution in [0.3, 0.4) is 0 Å². The van der Waals surface area contributed by atoms with Gasteiger partial charge in [-0.1, -0.05) is 11.6 Å². The highest BCUT2D eigenvalue weighted by atomic mass is 79.9. The molecule has 0 spiro atoms. The molecule has 0 saturated heterocycles. The topological polar surface area (TPSA) is 25.8 Å². The predicted octanol–water partition coefficient (Wildman–Crippen LogP) is 5.45. The summed E-state index contributed by atoms with van der Waals surface area (Å²) >= 11 is 17.8. The van der Waals surface area contributed by atoms with Crippen molar-refractivity contribution in [1.82, 2.24) is 9.97 Å². The van der Waals surface area contributed by atoms with E-state index in [-0.39, 0.29) is 0 Å². The van der Waals surface area contributed by atoms with E-state index in [1.54, 1.807) is 11.3 Å². The Morgan fingerprint density at radius 1 is 1.25 bits per heavy atom. The van der Waals surface area contributed by atoms with Crippen molar-refractivity contribution in [3.05, 3.63) is 29.6 Å². The number of aromatic nitrogens is 2. The molecule has 0 aliphatic carbocycles. The summed E-state index contributed by atoms with van der Waals surface area (Å²) < 4.78 is 2.75. The maximum Gasteiger partial charge on any atom is 0.171 e. The first kappa shape index (κ1) is 13.0. The van der Waals surface area contributed by atoms with Gasteiger partial charge in [0.25, 0.3) is 0 Å². The van der Waals surface area contributed by atoms with Crippen molar-refractivity contribution in [2.45, 2.75) is 6.92 Å². The second-order valence-corrected chi connectivity index (χ2v) is 7.35. The Labute approximate surface area is 127 Å². The zero-order valence-corrected chi connectivity index (χ0v) is 14.2. The Kier molecular flexibility index (Phi) is 4.06. The maximum atomic E-state index is 6.00. The minimum Gasteiger partial charge on any atom is -0.231 e. The van der Waals surface area contributed by atoms with Gasteiger partial charge in [0.1, 0.15) is 5.15 Å². The van der Waals surface area contributed by atoms with Crippen molar-refractivity contribution in [1.29, 1.82) is 0 Å². The Morgan fingerprint density at radius 3 is 2.44 bits per heavy atom. The van der Waals surface area contributed by atoms with Gasteiger partial charge in [0.15, 0.2) is 5.82 Å². The molecule has 2 rings (SSSR count). The van der Waals surface area contributed by atoms with E-state index >= 15 is 0 Å². The third kappa shape index (κ3) is 2.51. The molecule has 84 valence electrons. The second kappa shape index (κ2) is 5.02. The van der Waals surface area contributed by atoms with Crippen LogP contribution in [0.15, 0.2) is 18.8 Å². The van der Waals surface area contributed by atoms with Crippen LogP contribution < -0.4 is 0 Å². The first-order chi connectivity index (χ1) is 7.49. The van der Waals surface area contributed by atoms with E-state index in [4.69, 9.17) is 11.6 Å². The maximum absolute atomic E-state index is 6.00. The molecule has 2 aromatic rings. The highest BCUT2D eigenvalue weighted by molar-refractivity contribution is 9.13. The molecule has 0 aromatic carbocycles. The second-order valence-electron chi connectivity index (χ2n) is 2.97. The van der Waals surface area contributed by atoms with Gasteiger partial charge in [-0.05, 0) is 60.8 Å². The van der Waals surface area contributed by atoms with Crippen LogP contribution >= 0.6 is 70.7 Å². The molecule has 2 nitrogen and oxygen atoms in total. The predicted molar refractivity (Wildman–Crippen MR) is 78.2 cm³/mol. The molecule has 0 unspecified atom stereocenters. The molecule has 0 radical (unpaired) electrons. The first-order valence-electron chi connectivity index (χ1n) is 4.14. The SMILES string of the molecule is Cc1nc(-c2cc(Br)c(Br)s2)nc(Cl)c1Br. The average molecular weight is 447 g/mol. The molecule has 2 heterocycles. The number of hydrogen-bond donors (Lipinski definition) is 0. The quantitative estimate of drug-likeness (QED) is 0.543. The van der Waals surface area contributed by atoms with Gasteiger partial charge < -0.3 is 0 Å². The van der Waals surface area contributed by atoms with Gasteiger partial charge in [0.05, 0.1) is 18.8 Å². The van der Waals surface area contributed by atoms with Crippen LogP contribution in [-0.2, 0) is 0 Å². The molecular weight excluding hydrogens is 443 g/mol. The molecule has 2 aromatic heterocycles. The molecule has 0 atom stereocenters. The molecule has 0 N–H and O–H groups in total. The van der Waals surface area contributed by atoms with Crippen molar-refractivity contribution in [3.63, 3.8) is 0 Å². The summed E-state index contributed by atoms with van der Waals surface area (Å²) in [4.78, 5) is 9.59. The smallest absolute Gasteiger partial charge is 0.171 e. The van der Waals surface area contributed by atoms with Crippen molar-refractivity contribution in [2.75, 3.05) is 0 Å². The summed E-state index contributed by atoms with van der Waals surface area (Å²) in [6.07, 6.45) is 0. The summed E-state index contributed by atoms with van der Waals surface area (Å²) in [6.45, 7) is 1.89. The van der Waals surface area contributed by atoms with Crippen LogP contribution in [0.25, 0.3) is 10.7 Å². The largest absolute Gasteiger partial charge is 0.231 e. The van der Waals surface area contributed by atoms with E-state index in [2.05, 4.69) is 57.8 Å². The number of nitrogens with zero attached hydrogens (tertiary/aromatic N) is 2. The van der Waals surface area contributed by atoms with E-state index in [1.165, 1.54) is 0 Å².